The highest BCUT2D eigenvalue weighted by Crippen LogP contribution is 2.32. The van der Waals surface area contributed by atoms with Crippen LogP contribution in [-0.4, -0.2) is 10.2 Å². The molecule has 0 aliphatic heterocycles. The minimum atomic E-state index is -0.471. The Hall–Kier alpha value is -0.900. The molecule has 0 bridgehead atoms. The number of aromatic nitrogens is 2. The molecule has 0 aliphatic carbocycles. The largest absolute Gasteiger partial charge is 0.423 e. The molecular weight excluding hydrogens is 190 g/mol. The van der Waals surface area contributed by atoms with Crippen molar-refractivity contribution in [1.82, 2.24) is 15.9 Å². The topological polar surface area (TPSA) is 62.7 Å². The summed E-state index contributed by atoms with van der Waals surface area (Å²) in [7, 11) is 0. The van der Waals surface area contributed by atoms with Crippen LogP contribution in [0.25, 0.3) is 0 Å². The number of nitrogens with zero attached hydrogens (tertiary/aromatic N) is 2. The van der Waals surface area contributed by atoms with Crippen molar-refractivity contribution < 1.29 is 4.42 Å². The molecule has 85 valence electrons. The van der Waals surface area contributed by atoms with E-state index < -0.39 is 6.04 Å². The Balaban J connectivity index is 2.95. The maximum Gasteiger partial charge on any atom is 0.235 e. The van der Waals surface area contributed by atoms with Gasteiger partial charge in [-0.2, -0.15) is 0 Å². The van der Waals surface area contributed by atoms with Gasteiger partial charge in [0.2, 0.25) is 11.8 Å². The zero-order chi connectivity index (χ0) is 11.9. The van der Waals surface area contributed by atoms with E-state index in [4.69, 9.17) is 10.2 Å². The third-order valence-electron chi connectivity index (χ3n) is 2.20. The maximum absolute atomic E-state index is 7.99. The van der Waals surface area contributed by atoms with Crippen LogP contribution in [0.1, 0.15) is 59.4 Å². The molecule has 1 heterocycles. The van der Waals surface area contributed by atoms with Gasteiger partial charge in [0.1, 0.15) is 6.04 Å². The van der Waals surface area contributed by atoms with E-state index in [9.17, 15) is 0 Å². The molecule has 0 saturated carbocycles. The van der Waals surface area contributed by atoms with E-state index >= 15 is 0 Å². The van der Waals surface area contributed by atoms with E-state index in [0.29, 0.717) is 11.8 Å². The summed E-state index contributed by atoms with van der Waals surface area (Å²) in [5.41, 5.74) is 7.66. The molecule has 1 unspecified atom stereocenters. The van der Waals surface area contributed by atoms with Crippen LogP contribution < -0.4 is 5.73 Å². The van der Waals surface area contributed by atoms with Crippen molar-refractivity contribution in [2.75, 3.05) is 0 Å². The van der Waals surface area contributed by atoms with E-state index in [1.807, 2.05) is 41.5 Å². The lowest BCUT2D eigenvalue weighted by Crippen LogP contribution is -2.19. The third-order valence-corrected chi connectivity index (χ3v) is 2.20. The summed E-state index contributed by atoms with van der Waals surface area (Å²) >= 11 is 0. The van der Waals surface area contributed by atoms with Gasteiger partial charge in [-0.05, 0) is 5.41 Å². The molecule has 1 N–H and O–H groups in total. The monoisotopic (exact) mass is 210 g/mol. The first-order valence-corrected chi connectivity index (χ1v) is 5.17. The van der Waals surface area contributed by atoms with Crippen LogP contribution in [0.4, 0.5) is 0 Å². The van der Waals surface area contributed by atoms with Gasteiger partial charge in [-0.15, -0.1) is 10.2 Å². The van der Waals surface area contributed by atoms with Gasteiger partial charge >= 0.3 is 0 Å². The molecular formula is C11H20N3O. The zero-order valence-corrected chi connectivity index (χ0v) is 10.4. The molecule has 1 atom stereocenters. The van der Waals surface area contributed by atoms with Crippen LogP contribution in [-0.2, 0) is 5.41 Å². The van der Waals surface area contributed by atoms with Gasteiger partial charge in [-0.3, -0.25) is 0 Å². The van der Waals surface area contributed by atoms with E-state index in [1.54, 1.807) is 0 Å². The fourth-order valence-electron chi connectivity index (χ4n) is 1.02. The minimum Gasteiger partial charge on any atom is -0.423 e. The first kappa shape index (κ1) is 12.2. The van der Waals surface area contributed by atoms with Crippen molar-refractivity contribution in [3.63, 3.8) is 0 Å². The summed E-state index contributed by atoms with van der Waals surface area (Å²) in [6.07, 6.45) is 0. The van der Waals surface area contributed by atoms with Crippen molar-refractivity contribution in [2.45, 2.75) is 53.0 Å². The smallest absolute Gasteiger partial charge is 0.235 e. The Morgan fingerprint density at radius 1 is 1.07 bits per heavy atom. The molecule has 15 heavy (non-hydrogen) atoms. The summed E-state index contributed by atoms with van der Waals surface area (Å²) in [5, 5.41) is 7.93. The van der Waals surface area contributed by atoms with Gasteiger partial charge in [0.25, 0.3) is 0 Å². The molecule has 0 spiro atoms. The second-order valence-electron chi connectivity index (χ2n) is 5.99. The molecule has 1 aromatic heterocycles. The highest BCUT2D eigenvalue weighted by molar-refractivity contribution is 5.00. The molecule has 0 aliphatic rings. The number of rotatable bonds is 1. The predicted molar refractivity (Wildman–Crippen MR) is 58.3 cm³/mol. The van der Waals surface area contributed by atoms with Crippen LogP contribution in [0.15, 0.2) is 4.42 Å². The van der Waals surface area contributed by atoms with Gasteiger partial charge in [0, 0.05) is 5.41 Å². The quantitative estimate of drug-likeness (QED) is 0.716. The predicted octanol–water partition coefficient (Wildman–Crippen LogP) is 2.74. The second kappa shape index (κ2) is 3.59. The fraction of sp³-hybridized carbons (Fsp3) is 0.818. The van der Waals surface area contributed by atoms with Crippen LogP contribution in [0, 0.1) is 5.41 Å². The van der Waals surface area contributed by atoms with E-state index in [-0.39, 0.29) is 10.8 Å². The second-order valence-corrected chi connectivity index (χ2v) is 5.99. The van der Waals surface area contributed by atoms with Crippen LogP contribution in [0.3, 0.4) is 0 Å². The molecule has 0 fully saturated rings. The fourth-order valence-corrected chi connectivity index (χ4v) is 1.02. The SMILES string of the molecule is CC(C)(C)c1nnc(C([NH])C(C)(C)C)o1. The molecule has 1 rings (SSSR count). The maximum atomic E-state index is 7.99. The summed E-state index contributed by atoms with van der Waals surface area (Å²) < 4.78 is 5.53. The average Bonchev–Trinajstić information content (AvgIpc) is 2.47. The molecule has 1 aromatic rings. The van der Waals surface area contributed by atoms with Crippen molar-refractivity contribution >= 4 is 0 Å². The summed E-state index contributed by atoms with van der Waals surface area (Å²) in [6, 6.07) is -0.471. The van der Waals surface area contributed by atoms with Crippen molar-refractivity contribution in [1.29, 1.82) is 0 Å². The number of hydrogen-bond donors (Lipinski definition) is 0. The Morgan fingerprint density at radius 3 is 1.93 bits per heavy atom. The molecule has 0 aromatic carbocycles. The summed E-state index contributed by atoms with van der Waals surface area (Å²) in [6.45, 7) is 12.0. The van der Waals surface area contributed by atoms with Crippen LogP contribution >= 0.6 is 0 Å². The average molecular weight is 210 g/mol. The first-order valence-electron chi connectivity index (χ1n) is 5.17. The van der Waals surface area contributed by atoms with Gasteiger partial charge in [-0.25, -0.2) is 5.73 Å². The van der Waals surface area contributed by atoms with Crippen molar-refractivity contribution in [3.8, 4) is 0 Å². The van der Waals surface area contributed by atoms with E-state index in [2.05, 4.69) is 10.2 Å². The lowest BCUT2D eigenvalue weighted by atomic mass is 9.87. The van der Waals surface area contributed by atoms with Gasteiger partial charge in [0.15, 0.2) is 0 Å². The van der Waals surface area contributed by atoms with Crippen LogP contribution in [0.5, 0.6) is 0 Å². The molecule has 0 saturated heterocycles. The third kappa shape index (κ3) is 2.78. The summed E-state index contributed by atoms with van der Waals surface area (Å²) in [5.74, 6) is 1.01. The van der Waals surface area contributed by atoms with Gasteiger partial charge in [0.05, 0.1) is 0 Å². The van der Waals surface area contributed by atoms with E-state index in [0.717, 1.165) is 0 Å². The standard InChI is InChI=1S/C11H20N3O/c1-10(2,3)7(12)8-13-14-9(15-8)11(4,5)6/h7,12H,1-6H3. The molecule has 1 radical (unpaired) electrons. The zero-order valence-electron chi connectivity index (χ0n) is 10.4. The van der Waals surface area contributed by atoms with Crippen LogP contribution in [0.2, 0.25) is 0 Å². The van der Waals surface area contributed by atoms with Gasteiger partial charge in [-0.1, -0.05) is 41.5 Å². The molecule has 4 nitrogen and oxygen atoms in total. The Bertz CT molecular complexity index is 330. The lowest BCUT2D eigenvalue weighted by Gasteiger charge is -2.22. The first-order chi connectivity index (χ1) is 6.62. The minimum absolute atomic E-state index is 0.150. The Kier molecular flexibility index (Phi) is 2.92. The van der Waals surface area contributed by atoms with Gasteiger partial charge < -0.3 is 4.42 Å². The summed E-state index contributed by atoms with van der Waals surface area (Å²) in [4.78, 5) is 0. The Labute approximate surface area is 91.3 Å². The van der Waals surface area contributed by atoms with Crippen molar-refractivity contribution in [3.05, 3.63) is 11.8 Å². The number of nitrogens with one attached hydrogen (secondary N) is 1. The molecule has 0 amide bonds. The highest BCUT2D eigenvalue weighted by atomic mass is 16.4. The number of hydrogen-bond acceptors (Lipinski definition) is 3. The lowest BCUT2D eigenvalue weighted by molar-refractivity contribution is 0.256. The highest BCUT2D eigenvalue weighted by Gasteiger charge is 2.30. The van der Waals surface area contributed by atoms with E-state index in [1.165, 1.54) is 0 Å². The Morgan fingerprint density at radius 2 is 1.60 bits per heavy atom. The molecule has 4 heteroatoms. The van der Waals surface area contributed by atoms with Crippen molar-refractivity contribution in [2.24, 2.45) is 5.41 Å². The normalized spacial score (nSPS) is 15.4.